The minimum atomic E-state index is -0.334. The summed E-state index contributed by atoms with van der Waals surface area (Å²) in [4.78, 5) is 11.3. The van der Waals surface area contributed by atoms with Crippen LogP contribution >= 0.6 is 11.8 Å². The molecule has 4 heteroatoms. The molecule has 0 radical (unpaired) electrons. The first-order chi connectivity index (χ1) is 10.0. The van der Waals surface area contributed by atoms with E-state index in [-0.39, 0.29) is 5.97 Å². The lowest BCUT2D eigenvalue weighted by Crippen LogP contribution is -2.01. The largest absolute Gasteiger partial charge is 0.490 e. The van der Waals surface area contributed by atoms with Crippen molar-refractivity contribution in [3.63, 3.8) is 0 Å². The highest BCUT2D eigenvalue weighted by molar-refractivity contribution is 7.99. The van der Waals surface area contributed by atoms with Crippen molar-refractivity contribution in [3.05, 3.63) is 41.5 Å². The molecule has 21 heavy (non-hydrogen) atoms. The number of hydrogen-bond acceptors (Lipinski definition) is 4. The topological polar surface area (TPSA) is 35.5 Å². The second kappa shape index (κ2) is 9.50. The average molecular weight is 308 g/mol. The van der Waals surface area contributed by atoms with E-state index in [0.717, 1.165) is 17.4 Å². The molecule has 0 fully saturated rings. The molecule has 0 bridgehead atoms. The van der Waals surface area contributed by atoms with Crippen LogP contribution in [0.4, 0.5) is 0 Å². The van der Waals surface area contributed by atoms with Crippen LogP contribution in [0.1, 0.15) is 31.1 Å². The molecule has 0 heterocycles. The lowest BCUT2D eigenvalue weighted by molar-refractivity contribution is 0.0600. The molecule has 1 aromatic rings. The van der Waals surface area contributed by atoms with Crippen LogP contribution in [-0.2, 0) is 4.74 Å². The van der Waals surface area contributed by atoms with Crippen molar-refractivity contribution in [2.75, 3.05) is 25.2 Å². The van der Waals surface area contributed by atoms with E-state index in [4.69, 9.17) is 4.74 Å². The summed E-state index contributed by atoms with van der Waals surface area (Å²) in [6.07, 6.45) is 2.10. The van der Waals surface area contributed by atoms with Gasteiger partial charge >= 0.3 is 5.97 Å². The van der Waals surface area contributed by atoms with E-state index in [1.54, 1.807) is 24.3 Å². The lowest BCUT2D eigenvalue weighted by Gasteiger charge is -2.07. The van der Waals surface area contributed by atoms with Crippen LogP contribution in [0, 0.1) is 5.92 Å². The highest BCUT2D eigenvalue weighted by Crippen LogP contribution is 2.14. The predicted octanol–water partition coefficient (Wildman–Crippen LogP) is 4.19. The minimum absolute atomic E-state index is 0.334. The van der Waals surface area contributed by atoms with E-state index < -0.39 is 0 Å². The van der Waals surface area contributed by atoms with Crippen molar-refractivity contribution in [1.29, 1.82) is 0 Å². The van der Waals surface area contributed by atoms with Gasteiger partial charge in [-0.25, -0.2) is 4.79 Å². The Labute approximate surface area is 131 Å². The van der Waals surface area contributed by atoms with E-state index in [9.17, 15) is 4.79 Å². The summed E-state index contributed by atoms with van der Waals surface area (Å²) in [5.74, 6) is 3.37. The third-order valence-electron chi connectivity index (χ3n) is 2.74. The molecule has 0 amide bonds. The number of carbonyl (C=O) groups is 1. The Kier molecular flexibility index (Phi) is 7.98. The standard InChI is InChI=1S/C17H24O3S/c1-13(2)11-21-12-14(3)9-10-20-16-7-5-15(6-8-16)17(18)19-4/h5-9,13H,10-12H2,1-4H3. The van der Waals surface area contributed by atoms with Crippen LogP contribution in [0.2, 0.25) is 0 Å². The summed E-state index contributed by atoms with van der Waals surface area (Å²) < 4.78 is 10.3. The number of rotatable bonds is 8. The third kappa shape index (κ3) is 7.23. The molecule has 0 unspecified atom stereocenters. The second-order valence-electron chi connectivity index (χ2n) is 5.29. The van der Waals surface area contributed by atoms with Gasteiger partial charge in [0.1, 0.15) is 12.4 Å². The summed E-state index contributed by atoms with van der Waals surface area (Å²) in [6, 6.07) is 6.97. The maximum Gasteiger partial charge on any atom is 0.337 e. The fourth-order valence-electron chi connectivity index (χ4n) is 1.60. The van der Waals surface area contributed by atoms with E-state index in [2.05, 4.69) is 31.6 Å². The van der Waals surface area contributed by atoms with Crippen LogP contribution in [0.25, 0.3) is 0 Å². The van der Waals surface area contributed by atoms with Crippen molar-refractivity contribution in [2.24, 2.45) is 5.92 Å². The minimum Gasteiger partial charge on any atom is -0.490 e. The Morgan fingerprint density at radius 1 is 1.29 bits per heavy atom. The zero-order chi connectivity index (χ0) is 15.7. The smallest absolute Gasteiger partial charge is 0.337 e. The SMILES string of the molecule is COC(=O)c1ccc(OCC=C(C)CSCC(C)C)cc1. The summed E-state index contributed by atoms with van der Waals surface area (Å²) >= 11 is 1.95. The predicted molar refractivity (Wildman–Crippen MR) is 89.2 cm³/mol. The molecule has 0 spiro atoms. The molecule has 3 nitrogen and oxygen atoms in total. The van der Waals surface area contributed by atoms with Crippen LogP contribution in [0.15, 0.2) is 35.9 Å². The Balaban J connectivity index is 2.36. The van der Waals surface area contributed by atoms with Gasteiger partial charge in [-0.15, -0.1) is 0 Å². The molecule has 0 aliphatic carbocycles. The molecule has 1 aromatic carbocycles. The van der Waals surface area contributed by atoms with Gasteiger partial charge < -0.3 is 9.47 Å². The Bertz CT molecular complexity index is 463. The zero-order valence-corrected chi connectivity index (χ0v) is 14.0. The monoisotopic (exact) mass is 308 g/mol. The van der Waals surface area contributed by atoms with Crippen LogP contribution < -0.4 is 4.74 Å². The average Bonchev–Trinajstić information content (AvgIpc) is 2.46. The van der Waals surface area contributed by atoms with Crippen molar-refractivity contribution < 1.29 is 14.3 Å². The molecule has 0 aliphatic rings. The fraction of sp³-hybridized carbons (Fsp3) is 0.471. The normalized spacial score (nSPS) is 11.6. The second-order valence-corrected chi connectivity index (χ2v) is 6.32. The third-order valence-corrected chi connectivity index (χ3v) is 4.30. The summed E-state index contributed by atoms with van der Waals surface area (Å²) in [5.41, 5.74) is 1.86. The van der Waals surface area contributed by atoms with Crippen LogP contribution in [0.5, 0.6) is 5.75 Å². The highest BCUT2D eigenvalue weighted by Gasteiger charge is 2.04. The van der Waals surface area contributed by atoms with Gasteiger partial charge in [-0.05, 0) is 48.9 Å². The number of carbonyl (C=O) groups excluding carboxylic acids is 1. The van der Waals surface area contributed by atoms with E-state index in [0.29, 0.717) is 12.2 Å². The molecule has 116 valence electrons. The van der Waals surface area contributed by atoms with E-state index in [1.165, 1.54) is 18.4 Å². The molecule has 0 aliphatic heterocycles. The van der Waals surface area contributed by atoms with Gasteiger partial charge in [-0.3, -0.25) is 0 Å². The number of ether oxygens (including phenoxy) is 2. The number of methoxy groups -OCH3 is 1. The van der Waals surface area contributed by atoms with Gasteiger partial charge in [-0.1, -0.05) is 19.4 Å². The van der Waals surface area contributed by atoms with Gasteiger partial charge in [-0.2, -0.15) is 11.8 Å². The number of benzene rings is 1. The Morgan fingerprint density at radius 3 is 2.52 bits per heavy atom. The summed E-state index contributed by atoms with van der Waals surface area (Å²) in [7, 11) is 1.37. The maximum absolute atomic E-state index is 11.3. The fourth-order valence-corrected chi connectivity index (χ4v) is 2.63. The van der Waals surface area contributed by atoms with Gasteiger partial charge in [0.2, 0.25) is 0 Å². The summed E-state index contributed by atoms with van der Waals surface area (Å²) in [5, 5.41) is 0. The molecule has 0 aromatic heterocycles. The van der Waals surface area contributed by atoms with Gasteiger partial charge in [0.05, 0.1) is 12.7 Å². The van der Waals surface area contributed by atoms with Crippen molar-refractivity contribution >= 4 is 17.7 Å². The van der Waals surface area contributed by atoms with Crippen LogP contribution in [-0.4, -0.2) is 31.2 Å². The van der Waals surface area contributed by atoms with Gasteiger partial charge in [0, 0.05) is 5.75 Å². The molecule has 0 N–H and O–H groups in total. The first-order valence-corrected chi connectivity index (χ1v) is 8.23. The first-order valence-electron chi connectivity index (χ1n) is 7.07. The summed E-state index contributed by atoms with van der Waals surface area (Å²) in [6.45, 7) is 7.13. The first kappa shape index (κ1) is 17.6. The zero-order valence-electron chi connectivity index (χ0n) is 13.2. The molecular weight excluding hydrogens is 284 g/mol. The van der Waals surface area contributed by atoms with E-state index >= 15 is 0 Å². The highest BCUT2D eigenvalue weighted by atomic mass is 32.2. The number of hydrogen-bond donors (Lipinski definition) is 0. The van der Waals surface area contributed by atoms with E-state index in [1.807, 2.05) is 11.8 Å². The maximum atomic E-state index is 11.3. The Hall–Kier alpha value is -1.42. The van der Waals surface area contributed by atoms with Crippen molar-refractivity contribution in [1.82, 2.24) is 0 Å². The van der Waals surface area contributed by atoms with Gasteiger partial charge in [0.15, 0.2) is 0 Å². The quantitative estimate of drug-likeness (QED) is 0.533. The van der Waals surface area contributed by atoms with Gasteiger partial charge in [0.25, 0.3) is 0 Å². The van der Waals surface area contributed by atoms with Crippen LogP contribution in [0.3, 0.4) is 0 Å². The van der Waals surface area contributed by atoms with Crippen molar-refractivity contribution in [2.45, 2.75) is 20.8 Å². The molecule has 0 atom stereocenters. The van der Waals surface area contributed by atoms with Crippen molar-refractivity contribution in [3.8, 4) is 5.75 Å². The molecule has 0 saturated heterocycles. The Morgan fingerprint density at radius 2 is 1.95 bits per heavy atom. The number of thioether (sulfide) groups is 1. The molecule has 0 saturated carbocycles. The molecule has 1 rings (SSSR count). The lowest BCUT2D eigenvalue weighted by atomic mass is 10.2. The molecular formula is C17H24O3S. The number of esters is 1.